The van der Waals surface area contributed by atoms with Crippen LogP contribution in [-0.4, -0.2) is 11.5 Å². The zero-order valence-electron chi connectivity index (χ0n) is 11.8. The van der Waals surface area contributed by atoms with Gasteiger partial charge in [-0.25, -0.2) is 4.39 Å². The van der Waals surface area contributed by atoms with E-state index in [1.54, 1.807) is 12.1 Å². The number of benzene rings is 1. The van der Waals surface area contributed by atoms with Gasteiger partial charge in [-0.05, 0) is 37.2 Å². The van der Waals surface area contributed by atoms with E-state index in [9.17, 15) is 4.39 Å². The fourth-order valence-electron chi connectivity index (χ4n) is 2.02. The standard InChI is InChI=1S/C16H19FN2S/c1-3-14(18-4-2)15-10-9-12(11-19-15)20-16-8-6-5-7-13(16)17/h5-11,14,18H,3-4H2,1-2H3. The summed E-state index contributed by atoms with van der Waals surface area (Å²) in [7, 11) is 0. The largest absolute Gasteiger partial charge is 0.309 e. The van der Waals surface area contributed by atoms with Crippen molar-refractivity contribution in [3.8, 4) is 0 Å². The van der Waals surface area contributed by atoms with Gasteiger partial charge in [-0.15, -0.1) is 0 Å². The average Bonchev–Trinajstić information content (AvgIpc) is 2.48. The Morgan fingerprint density at radius 2 is 2.00 bits per heavy atom. The lowest BCUT2D eigenvalue weighted by Gasteiger charge is -2.15. The first-order chi connectivity index (χ1) is 9.74. The molecular weight excluding hydrogens is 271 g/mol. The van der Waals surface area contributed by atoms with Crippen LogP contribution in [0.25, 0.3) is 0 Å². The Morgan fingerprint density at radius 1 is 1.20 bits per heavy atom. The lowest BCUT2D eigenvalue weighted by molar-refractivity contribution is 0.524. The monoisotopic (exact) mass is 290 g/mol. The third kappa shape index (κ3) is 3.81. The van der Waals surface area contributed by atoms with Gasteiger partial charge in [0.05, 0.1) is 5.69 Å². The normalized spacial score (nSPS) is 12.3. The number of hydrogen-bond acceptors (Lipinski definition) is 3. The highest BCUT2D eigenvalue weighted by atomic mass is 32.2. The molecule has 0 radical (unpaired) electrons. The van der Waals surface area contributed by atoms with Crippen molar-refractivity contribution < 1.29 is 4.39 Å². The summed E-state index contributed by atoms with van der Waals surface area (Å²) in [6.45, 7) is 5.15. The molecule has 1 aromatic carbocycles. The Labute approximate surface area is 123 Å². The van der Waals surface area contributed by atoms with E-state index in [4.69, 9.17) is 0 Å². The number of nitrogens with one attached hydrogen (secondary N) is 1. The van der Waals surface area contributed by atoms with Gasteiger partial charge in [0.1, 0.15) is 5.82 Å². The van der Waals surface area contributed by atoms with Crippen LogP contribution in [0.2, 0.25) is 0 Å². The molecule has 0 bridgehead atoms. The maximum atomic E-state index is 13.6. The van der Waals surface area contributed by atoms with Crippen molar-refractivity contribution in [3.05, 3.63) is 54.1 Å². The highest BCUT2D eigenvalue weighted by Gasteiger charge is 2.09. The molecule has 4 heteroatoms. The van der Waals surface area contributed by atoms with Crippen molar-refractivity contribution in [3.63, 3.8) is 0 Å². The molecule has 0 spiro atoms. The van der Waals surface area contributed by atoms with E-state index in [0.29, 0.717) is 4.90 Å². The molecule has 0 saturated heterocycles. The third-order valence-electron chi connectivity index (χ3n) is 3.04. The lowest BCUT2D eigenvalue weighted by atomic mass is 10.1. The van der Waals surface area contributed by atoms with Gasteiger partial charge < -0.3 is 5.32 Å². The molecule has 20 heavy (non-hydrogen) atoms. The topological polar surface area (TPSA) is 24.9 Å². The van der Waals surface area contributed by atoms with Crippen LogP contribution in [0, 0.1) is 5.82 Å². The number of hydrogen-bond donors (Lipinski definition) is 1. The number of pyridine rings is 1. The van der Waals surface area contributed by atoms with Crippen molar-refractivity contribution >= 4 is 11.8 Å². The predicted octanol–water partition coefficient (Wildman–Crippen LogP) is 4.43. The Balaban J connectivity index is 2.10. The van der Waals surface area contributed by atoms with Crippen LogP contribution in [0.4, 0.5) is 4.39 Å². The maximum absolute atomic E-state index is 13.6. The fourth-order valence-corrected chi connectivity index (χ4v) is 2.82. The second kappa shape index (κ2) is 7.41. The van der Waals surface area contributed by atoms with Crippen LogP contribution < -0.4 is 5.32 Å². The minimum atomic E-state index is -0.194. The second-order valence-corrected chi connectivity index (χ2v) is 5.59. The first kappa shape index (κ1) is 15.0. The Bertz CT molecular complexity index is 542. The number of halogens is 1. The maximum Gasteiger partial charge on any atom is 0.137 e. The zero-order valence-corrected chi connectivity index (χ0v) is 12.6. The summed E-state index contributed by atoms with van der Waals surface area (Å²) in [5.41, 5.74) is 1.03. The van der Waals surface area contributed by atoms with E-state index >= 15 is 0 Å². The number of aromatic nitrogens is 1. The molecule has 0 aliphatic rings. The highest BCUT2D eigenvalue weighted by Crippen LogP contribution is 2.29. The van der Waals surface area contributed by atoms with Crippen molar-refractivity contribution in [2.45, 2.75) is 36.1 Å². The Morgan fingerprint density at radius 3 is 2.60 bits per heavy atom. The molecule has 1 heterocycles. The molecule has 0 aliphatic heterocycles. The summed E-state index contributed by atoms with van der Waals surface area (Å²) < 4.78 is 13.6. The highest BCUT2D eigenvalue weighted by molar-refractivity contribution is 7.99. The predicted molar refractivity (Wildman–Crippen MR) is 81.5 cm³/mol. The average molecular weight is 290 g/mol. The molecule has 1 atom stereocenters. The minimum Gasteiger partial charge on any atom is -0.309 e. The summed E-state index contributed by atoms with van der Waals surface area (Å²) in [4.78, 5) is 6.06. The molecule has 0 aliphatic carbocycles. The second-order valence-electron chi connectivity index (χ2n) is 4.47. The van der Waals surface area contributed by atoms with Crippen molar-refractivity contribution in [2.24, 2.45) is 0 Å². The van der Waals surface area contributed by atoms with Gasteiger partial charge >= 0.3 is 0 Å². The summed E-state index contributed by atoms with van der Waals surface area (Å²) in [6.07, 6.45) is 2.81. The summed E-state index contributed by atoms with van der Waals surface area (Å²) in [6, 6.07) is 11.1. The molecule has 1 N–H and O–H groups in total. The van der Waals surface area contributed by atoms with Crippen LogP contribution >= 0.6 is 11.8 Å². The minimum absolute atomic E-state index is 0.194. The summed E-state index contributed by atoms with van der Waals surface area (Å²) >= 11 is 1.40. The van der Waals surface area contributed by atoms with Crippen LogP contribution in [0.1, 0.15) is 32.0 Å². The van der Waals surface area contributed by atoms with E-state index in [-0.39, 0.29) is 11.9 Å². The number of nitrogens with zero attached hydrogens (tertiary/aromatic N) is 1. The molecule has 2 aromatic rings. The molecule has 0 amide bonds. The van der Waals surface area contributed by atoms with Gasteiger partial charge in [-0.3, -0.25) is 4.98 Å². The van der Waals surface area contributed by atoms with Crippen molar-refractivity contribution in [1.82, 2.24) is 10.3 Å². The van der Waals surface area contributed by atoms with E-state index < -0.39 is 0 Å². The summed E-state index contributed by atoms with van der Waals surface area (Å²) in [5.74, 6) is -0.194. The van der Waals surface area contributed by atoms with Gasteiger partial charge in [-0.2, -0.15) is 0 Å². The third-order valence-corrected chi connectivity index (χ3v) is 4.07. The summed E-state index contributed by atoms with van der Waals surface area (Å²) in [5, 5.41) is 3.40. The van der Waals surface area contributed by atoms with E-state index in [2.05, 4.69) is 24.1 Å². The Kier molecular flexibility index (Phi) is 5.56. The molecule has 1 aromatic heterocycles. The zero-order chi connectivity index (χ0) is 14.4. The molecule has 0 fully saturated rings. The molecule has 0 saturated carbocycles. The van der Waals surface area contributed by atoms with Crippen molar-refractivity contribution in [1.29, 1.82) is 0 Å². The first-order valence-electron chi connectivity index (χ1n) is 6.86. The smallest absolute Gasteiger partial charge is 0.137 e. The van der Waals surface area contributed by atoms with Crippen LogP contribution in [0.5, 0.6) is 0 Å². The SMILES string of the molecule is CCNC(CC)c1ccc(Sc2ccccc2F)cn1. The fraction of sp³-hybridized carbons (Fsp3) is 0.312. The molecule has 2 rings (SSSR count). The number of rotatable bonds is 6. The van der Waals surface area contributed by atoms with Gasteiger partial charge in [0, 0.05) is 22.0 Å². The van der Waals surface area contributed by atoms with Crippen LogP contribution in [0.3, 0.4) is 0 Å². The Hall–Kier alpha value is -1.39. The van der Waals surface area contributed by atoms with Crippen molar-refractivity contribution in [2.75, 3.05) is 6.54 Å². The van der Waals surface area contributed by atoms with Crippen LogP contribution in [0.15, 0.2) is 52.4 Å². The molecular formula is C16H19FN2S. The lowest BCUT2D eigenvalue weighted by Crippen LogP contribution is -2.20. The van der Waals surface area contributed by atoms with Gasteiger partial charge in [-0.1, -0.05) is 37.7 Å². The van der Waals surface area contributed by atoms with E-state index in [1.165, 1.54) is 17.8 Å². The molecule has 1 unspecified atom stereocenters. The van der Waals surface area contributed by atoms with Gasteiger partial charge in [0.25, 0.3) is 0 Å². The quantitative estimate of drug-likeness (QED) is 0.851. The van der Waals surface area contributed by atoms with E-state index in [1.807, 2.05) is 24.4 Å². The first-order valence-corrected chi connectivity index (χ1v) is 7.68. The molecule has 2 nitrogen and oxygen atoms in total. The van der Waals surface area contributed by atoms with Gasteiger partial charge in [0.2, 0.25) is 0 Å². The molecule has 106 valence electrons. The van der Waals surface area contributed by atoms with Gasteiger partial charge in [0.15, 0.2) is 0 Å². The van der Waals surface area contributed by atoms with E-state index in [0.717, 1.165) is 23.6 Å². The van der Waals surface area contributed by atoms with Crippen LogP contribution in [-0.2, 0) is 0 Å².